The maximum absolute atomic E-state index is 5.94. The van der Waals surface area contributed by atoms with E-state index in [0.29, 0.717) is 13.1 Å². The van der Waals surface area contributed by atoms with Crippen LogP contribution in [0.1, 0.15) is 43.3 Å². The Bertz CT molecular complexity index is 741. The van der Waals surface area contributed by atoms with Gasteiger partial charge < -0.3 is 15.4 Å². The van der Waals surface area contributed by atoms with E-state index in [0.717, 1.165) is 35.2 Å². The molecule has 0 atom stereocenters. The number of benzene rings is 1. The van der Waals surface area contributed by atoms with Crippen LogP contribution in [0.2, 0.25) is 0 Å². The van der Waals surface area contributed by atoms with Crippen molar-refractivity contribution in [3.05, 3.63) is 58.9 Å². The number of rotatable bonds is 7. The summed E-state index contributed by atoms with van der Waals surface area (Å²) in [6.45, 7) is 12.2. The SMILES string of the molecule is CCNC(=NCc1ccc(C)cc1OC(C)C)NCc1cccc(C)n1. The highest BCUT2D eigenvalue weighted by Crippen LogP contribution is 2.22. The Balaban J connectivity index is 2.08. The van der Waals surface area contributed by atoms with E-state index in [1.165, 1.54) is 5.56 Å². The second-order valence-corrected chi connectivity index (χ2v) is 6.60. The Morgan fingerprint density at radius 2 is 1.96 bits per heavy atom. The Labute approximate surface area is 156 Å². The van der Waals surface area contributed by atoms with E-state index in [-0.39, 0.29) is 6.10 Å². The molecule has 0 saturated heterocycles. The predicted octanol–water partition coefficient (Wildman–Crippen LogP) is 3.74. The number of nitrogens with zero attached hydrogens (tertiary/aromatic N) is 2. The number of guanidine groups is 1. The second kappa shape index (κ2) is 9.80. The van der Waals surface area contributed by atoms with Crippen LogP contribution in [0.15, 0.2) is 41.4 Å². The summed E-state index contributed by atoms with van der Waals surface area (Å²) < 4.78 is 5.94. The lowest BCUT2D eigenvalue weighted by molar-refractivity contribution is 0.240. The van der Waals surface area contributed by atoms with Crippen LogP contribution < -0.4 is 15.4 Å². The van der Waals surface area contributed by atoms with Gasteiger partial charge in [0.05, 0.1) is 24.9 Å². The normalized spacial score (nSPS) is 11.5. The smallest absolute Gasteiger partial charge is 0.191 e. The van der Waals surface area contributed by atoms with Gasteiger partial charge in [0.15, 0.2) is 5.96 Å². The predicted molar refractivity (Wildman–Crippen MR) is 108 cm³/mol. The zero-order valence-corrected chi connectivity index (χ0v) is 16.5. The van der Waals surface area contributed by atoms with Gasteiger partial charge in [0, 0.05) is 17.8 Å². The van der Waals surface area contributed by atoms with E-state index in [1.54, 1.807) is 0 Å². The van der Waals surface area contributed by atoms with Crippen molar-refractivity contribution in [1.29, 1.82) is 0 Å². The maximum atomic E-state index is 5.94. The highest BCUT2D eigenvalue weighted by Gasteiger charge is 2.07. The number of nitrogens with one attached hydrogen (secondary N) is 2. The molecular formula is C21H30N4O. The Morgan fingerprint density at radius 3 is 2.65 bits per heavy atom. The van der Waals surface area contributed by atoms with Gasteiger partial charge in [-0.15, -0.1) is 0 Å². The quantitative estimate of drug-likeness (QED) is 0.587. The molecule has 0 radical (unpaired) electrons. The minimum atomic E-state index is 0.137. The lowest BCUT2D eigenvalue weighted by Gasteiger charge is -2.15. The van der Waals surface area contributed by atoms with E-state index >= 15 is 0 Å². The molecule has 0 saturated carbocycles. The summed E-state index contributed by atoms with van der Waals surface area (Å²) in [5.41, 5.74) is 4.27. The highest BCUT2D eigenvalue weighted by molar-refractivity contribution is 5.79. The van der Waals surface area contributed by atoms with Crippen LogP contribution >= 0.6 is 0 Å². The second-order valence-electron chi connectivity index (χ2n) is 6.60. The van der Waals surface area contributed by atoms with Crippen molar-refractivity contribution in [3.63, 3.8) is 0 Å². The molecule has 2 N–H and O–H groups in total. The van der Waals surface area contributed by atoms with Gasteiger partial charge >= 0.3 is 0 Å². The van der Waals surface area contributed by atoms with Gasteiger partial charge in [-0.3, -0.25) is 4.98 Å². The molecule has 5 heteroatoms. The van der Waals surface area contributed by atoms with E-state index in [4.69, 9.17) is 9.73 Å². The number of aliphatic imine (C=N–C) groups is 1. The third kappa shape index (κ3) is 6.39. The molecule has 140 valence electrons. The topological polar surface area (TPSA) is 58.5 Å². The van der Waals surface area contributed by atoms with Crippen LogP contribution in [-0.2, 0) is 13.1 Å². The molecule has 0 aliphatic heterocycles. The number of hydrogen-bond donors (Lipinski definition) is 2. The summed E-state index contributed by atoms with van der Waals surface area (Å²) in [5, 5.41) is 6.62. The van der Waals surface area contributed by atoms with Crippen molar-refractivity contribution in [1.82, 2.24) is 15.6 Å². The molecule has 1 aromatic heterocycles. The van der Waals surface area contributed by atoms with E-state index in [1.807, 2.05) is 39.0 Å². The van der Waals surface area contributed by atoms with Crippen LogP contribution in [0.3, 0.4) is 0 Å². The van der Waals surface area contributed by atoms with Crippen LogP contribution in [-0.4, -0.2) is 23.6 Å². The van der Waals surface area contributed by atoms with Gasteiger partial charge in [0.1, 0.15) is 5.75 Å². The van der Waals surface area contributed by atoms with Crippen LogP contribution in [0.4, 0.5) is 0 Å². The average Bonchev–Trinajstić information content (AvgIpc) is 2.58. The van der Waals surface area contributed by atoms with Gasteiger partial charge in [0.2, 0.25) is 0 Å². The van der Waals surface area contributed by atoms with E-state index < -0.39 is 0 Å². The first-order valence-electron chi connectivity index (χ1n) is 9.18. The molecule has 2 aromatic rings. The molecule has 1 aromatic carbocycles. The number of hydrogen-bond acceptors (Lipinski definition) is 3. The fourth-order valence-electron chi connectivity index (χ4n) is 2.53. The summed E-state index contributed by atoms with van der Waals surface area (Å²) in [7, 11) is 0. The molecule has 2 rings (SSSR count). The van der Waals surface area contributed by atoms with Crippen molar-refractivity contribution >= 4 is 5.96 Å². The summed E-state index contributed by atoms with van der Waals surface area (Å²) in [5.74, 6) is 1.67. The first kappa shape index (κ1) is 19.8. The molecule has 1 heterocycles. The Morgan fingerprint density at radius 1 is 1.15 bits per heavy atom. The molecule has 0 bridgehead atoms. The lowest BCUT2D eigenvalue weighted by atomic mass is 10.1. The lowest BCUT2D eigenvalue weighted by Crippen LogP contribution is -2.37. The van der Waals surface area contributed by atoms with Gasteiger partial charge in [0.25, 0.3) is 0 Å². The zero-order chi connectivity index (χ0) is 18.9. The fraction of sp³-hybridized carbons (Fsp3) is 0.429. The van der Waals surface area contributed by atoms with Crippen molar-refractivity contribution in [2.45, 2.75) is 53.8 Å². The fourth-order valence-corrected chi connectivity index (χ4v) is 2.53. The van der Waals surface area contributed by atoms with E-state index in [2.05, 4.69) is 47.7 Å². The standard InChI is InChI=1S/C21H30N4O/c1-6-22-21(24-14-19-9-7-8-17(5)25-19)23-13-18-11-10-16(4)12-20(18)26-15(2)3/h7-12,15H,6,13-14H2,1-5H3,(H2,22,23,24). The first-order chi connectivity index (χ1) is 12.5. The zero-order valence-electron chi connectivity index (χ0n) is 16.5. The Hall–Kier alpha value is -2.56. The minimum absolute atomic E-state index is 0.137. The number of ether oxygens (including phenoxy) is 1. The number of aryl methyl sites for hydroxylation is 2. The molecular weight excluding hydrogens is 324 g/mol. The Kier molecular flexibility index (Phi) is 7.45. The average molecular weight is 354 g/mol. The molecule has 0 amide bonds. The van der Waals surface area contributed by atoms with E-state index in [9.17, 15) is 0 Å². The van der Waals surface area contributed by atoms with Gasteiger partial charge in [-0.25, -0.2) is 4.99 Å². The third-order valence-corrected chi connectivity index (χ3v) is 3.72. The van der Waals surface area contributed by atoms with Crippen LogP contribution in [0.5, 0.6) is 5.75 Å². The highest BCUT2D eigenvalue weighted by atomic mass is 16.5. The molecule has 0 fully saturated rings. The maximum Gasteiger partial charge on any atom is 0.191 e. The summed E-state index contributed by atoms with van der Waals surface area (Å²) in [6.07, 6.45) is 0.137. The monoisotopic (exact) mass is 354 g/mol. The van der Waals surface area contributed by atoms with Gasteiger partial charge in [-0.2, -0.15) is 0 Å². The van der Waals surface area contributed by atoms with Gasteiger partial charge in [-0.05, 0) is 58.4 Å². The van der Waals surface area contributed by atoms with Crippen molar-refractivity contribution < 1.29 is 4.74 Å². The van der Waals surface area contributed by atoms with Gasteiger partial charge in [-0.1, -0.05) is 18.2 Å². The summed E-state index contributed by atoms with van der Waals surface area (Å²) >= 11 is 0. The molecule has 26 heavy (non-hydrogen) atoms. The van der Waals surface area contributed by atoms with Crippen molar-refractivity contribution in [3.8, 4) is 5.75 Å². The van der Waals surface area contributed by atoms with Crippen LogP contribution in [0.25, 0.3) is 0 Å². The number of pyridine rings is 1. The minimum Gasteiger partial charge on any atom is -0.491 e. The summed E-state index contributed by atoms with van der Waals surface area (Å²) in [4.78, 5) is 9.22. The van der Waals surface area contributed by atoms with Crippen molar-refractivity contribution in [2.24, 2.45) is 4.99 Å². The largest absolute Gasteiger partial charge is 0.491 e. The van der Waals surface area contributed by atoms with Crippen molar-refractivity contribution in [2.75, 3.05) is 6.54 Å². The first-order valence-corrected chi connectivity index (χ1v) is 9.18. The molecule has 0 unspecified atom stereocenters. The molecule has 0 spiro atoms. The third-order valence-electron chi connectivity index (χ3n) is 3.72. The molecule has 5 nitrogen and oxygen atoms in total. The number of aromatic nitrogens is 1. The summed E-state index contributed by atoms with van der Waals surface area (Å²) in [6, 6.07) is 12.3. The molecule has 0 aliphatic rings. The molecule has 0 aliphatic carbocycles. The van der Waals surface area contributed by atoms with Crippen LogP contribution in [0, 0.1) is 13.8 Å².